The number of hydrogen-bond donors (Lipinski definition) is 2. The van der Waals surface area contributed by atoms with Crippen molar-refractivity contribution in [3.63, 3.8) is 0 Å². The lowest BCUT2D eigenvalue weighted by Crippen LogP contribution is -2.65. The molecule has 6 aliphatic rings. The number of ether oxygens (including phenoxy) is 1. The van der Waals surface area contributed by atoms with Crippen molar-refractivity contribution in [3.8, 4) is 0 Å². The zero-order chi connectivity index (χ0) is 22.9. The normalized spacial score (nSPS) is 44.1. The predicted molar refractivity (Wildman–Crippen MR) is 115 cm³/mol. The number of allylic oxidation sites excluding steroid dienone is 2. The summed E-state index contributed by atoms with van der Waals surface area (Å²) in [6.07, 6.45) is 7.54. The van der Waals surface area contributed by atoms with Gasteiger partial charge in [-0.05, 0) is 68.4 Å². The first-order chi connectivity index (χ1) is 15.1. The molecule has 2 heterocycles. The van der Waals surface area contributed by atoms with Crippen LogP contribution in [-0.2, 0) is 23.9 Å². The molecule has 8 heteroatoms. The van der Waals surface area contributed by atoms with E-state index in [2.05, 4.69) is 0 Å². The number of carboxylic acid groups (broad SMARTS) is 1. The van der Waals surface area contributed by atoms with Crippen LogP contribution in [0.25, 0.3) is 0 Å². The van der Waals surface area contributed by atoms with E-state index in [0.717, 1.165) is 5.57 Å². The molecule has 0 aromatic carbocycles. The van der Waals surface area contributed by atoms with Gasteiger partial charge in [-0.1, -0.05) is 23.4 Å². The van der Waals surface area contributed by atoms with Crippen LogP contribution in [0.3, 0.4) is 0 Å². The maximum Gasteiger partial charge on any atom is 0.315 e. The molecule has 5 fully saturated rings. The van der Waals surface area contributed by atoms with Crippen molar-refractivity contribution in [1.82, 2.24) is 0 Å². The van der Waals surface area contributed by atoms with Crippen molar-refractivity contribution in [2.45, 2.75) is 62.7 Å². The van der Waals surface area contributed by atoms with Gasteiger partial charge in [-0.3, -0.25) is 19.2 Å². The molecule has 2 N–H and O–H groups in total. The lowest BCUT2D eigenvalue weighted by atomic mass is 9.45. The summed E-state index contributed by atoms with van der Waals surface area (Å²) < 4.78 is 5.90. The Hall–Kier alpha value is -1.93. The van der Waals surface area contributed by atoms with Crippen LogP contribution in [0.5, 0.6) is 0 Å². The summed E-state index contributed by atoms with van der Waals surface area (Å²) in [7, 11) is 0. The Morgan fingerprint density at radius 1 is 1.22 bits per heavy atom. The summed E-state index contributed by atoms with van der Waals surface area (Å²) in [5.74, 6) is -1.63. The highest BCUT2D eigenvalue weighted by molar-refractivity contribution is 8.14. The summed E-state index contributed by atoms with van der Waals surface area (Å²) in [4.78, 5) is 49.3. The Balaban J connectivity index is 1.63. The highest BCUT2D eigenvalue weighted by Gasteiger charge is 2.73. The van der Waals surface area contributed by atoms with Crippen LogP contribution in [-0.4, -0.2) is 50.5 Å². The van der Waals surface area contributed by atoms with Crippen molar-refractivity contribution in [3.05, 3.63) is 23.8 Å². The number of hydrogen-bond acceptors (Lipinski definition) is 7. The summed E-state index contributed by atoms with van der Waals surface area (Å²) in [6, 6.07) is 0. The van der Waals surface area contributed by atoms with E-state index in [-0.39, 0.29) is 53.4 Å². The number of thioether (sulfide) groups is 1. The lowest BCUT2D eigenvalue weighted by Gasteiger charge is -2.62. The minimum atomic E-state index is -1.43. The van der Waals surface area contributed by atoms with Gasteiger partial charge in [-0.25, -0.2) is 0 Å². The fourth-order valence-corrected chi connectivity index (χ4v) is 9.00. The Morgan fingerprint density at radius 3 is 2.69 bits per heavy atom. The van der Waals surface area contributed by atoms with Crippen LogP contribution >= 0.6 is 11.8 Å². The van der Waals surface area contributed by atoms with Crippen molar-refractivity contribution < 1.29 is 34.1 Å². The van der Waals surface area contributed by atoms with Gasteiger partial charge in [0, 0.05) is 24.0 Å². The molecule has 6 rings (SSSR count). The number of fused-ring (bicyclic) bond motifs is 3. The maximum absolute atomic E-state index is 13.7. The fourth-order valence-electron chi connectivity index (χ4n) is 7.78. The van der Waals surface area contributed by atoms with Gasteiger partial charge in [-0.15, -0.1) is 0 Å². The van der Waals surface area contributed by atoms with Crippen LogP contribution in [0.2, 0.25) is 0 Å². The maximum atomic E-state index is 13.7. The quantitative estimate of drug-likeness (QED) is 0.615. The Labute approximate surface area is 190 Å². The van der Waals surface area contributed by atoms with E-state index in [4.69, 9.17) is 4.74 Å². The number of carbonyl (C=O) groups excluding carboxylic acids is 3. The molecule has 1 unspecified atom stereocenters. The number of aliphatic hydroxyl groups is 1. The largest absolute Gasteiger partial charge is 0.481 e. The monoisotopic (exact) mass is 460 g/mol. The topological polar surface area (TPSA) is 118 Å². The summed E-state index contributed by atoms with van der Waals surface area (Å²) >= 11 is 1.28. The molecule has 7 nitrogen and oxygen atoms in total. The van der Waals surface area contributed by atoms with Crippen LogP contribution < -0.4 is 0 Å². The molecule has 2 spiro atoms. The lowest BCUT2D eigenvalue weighted by molar-refractivity contribution is -0.207. The standard InChI is InChI=1S/C24H28O7S/c1-13(25)32-18-11-14-10-15(26)2-6-22(14)12-31-21(29)24-9-4-16(22)20(18)17(24)3-7-23(24,30)8-5-19(27)28/h2,6,10,16-18,20,30H,3-5,7-9,11-12H2,1H3,(H,27,28)/t16?,17-,18+,20+,22+,23+,24-/m0/s1. The Kier molecular flexibility index (Phi) is 4.98. The summed E-state index contributed by atoms with van der Waals surface area (Å²) in [5, 5.41) is 20.9. The van der Waals surface area contributed by atoms with Crippen molar-refractivity contribution >= 4 is 34.6 Å². The predicted octanol–water partition coefficient (Wildman–Crippen LogP) is 2.67. The molecular formula is C24H28O7S. The molecule has 7 atom stereocenters. The van der Waals surface area contributed by atoms with Gasteiger partial charge in [0.1, 0.15) is 6.61 Å². The van der Waals surface area contributed by atoms with Crippen molar-refractivity contribution in [2.75, 3.05) is 6.61 Å². The van der Waals surface area contributed by atoms with Crippen LogP contribution in [0, 0.1) is 28.6 Å². The molecule has 172 valence electrons. The first-order valence-electron chi connectivity index (χ1n) is 11.4. The number of rotatable bonds is 4. The highest BCUT2D eigenvalue weighted by atomic mass is 32.2. The van der Waals surface area contributed by atoms with Gasteiger partial charge >= 0.3 is 11.9 Å². The second-order valence-electron chi connectivity index (χ2n) is 10.1. The molecule has 2 saturated heterocycles. The van der Waals surface area contributed by atoms with E-state index in [1.807, 2.05) is 6.08 Å². The van der Waals surface area contributed by atoms with Crippen LogP contribution in [0.4, 0.5) is 0 Å². The first-order valence-corrected chi connectivity index (χ1v) is 12.2. The summed E-state index contributed by atoms with van der Waals surface area (Å²) in [6.45, 7) is 1.65. The molecule has 4 bridgehead atoms. The smallest absolute Gasteiger partial charge is 0.315 e. The molecule has 3 saturated carbocycles. The van der Waals surface area contributed by atoms with Gasteiger partial charge in [-0.2, -0.15) is 0 Å². The van der Waals surface area contributed by atoms with E-state index in [1.54, 1.807) is 12.2 Å². The fraction of sp³-hybridized carbons (Fsp3) is 0.667. The molecular weight excluding hydrogens is 432 g/mol. The third kappa shape index (κ3) is 2.84. The number of carbonyl (C=O) groups is 4. The van der Waals surface area contributed by atoms with Gasteiger partial charge in [0.25, 0.3) is 0 Å². The van der Waals surface area contributed by atoms with Gasteiger partial charge in [0.2, 0.25) is 0 Å². The molecule has 0 aromatic heterocycles. The van der Waals surface area contributed by atoms with Gasteiger partial charge < -0.3 is 14.9 Å². The van der Waals surface area contributed by atoms with E-state index < -0.39 is 28.4 Å². The third-order valence-electron chi connectivity index (χ3n) is 8.96. The van der Waals surface area contributed by atoms with Crippen molar-refractivity contribution in [1.29, 1.82) is 0 Å². The van der Waals surface area contributed by atoms with Gasteiger partial charge in [0.05, 0.1) is 11.0 Å². The number of carboxylic acids is 1. The molecule has 4 aliphatic carbocycles. The third-order valence-corrected chi connectivity index (χ3v) is 10.1. The number of aliphatic carboxylic acids is 1. The molecule has 0 aromatic rings. The van der Waals surface area contributed by atoms with E-state index in [1.165, 1.54) is 18.7 Å². The molecule has 32 heavy (non-hydrogen) atoms. The van der Waals surface area contributed by atoms with E-state index >= 15 is 0 Å². The SMILES string of the molecule is CC(=O)S[C@@H]1CC2=CC(=O)C=C[C@@]23COC(=O)[C@]24CCC3[C@@H]1[C@@H]2CC[C@@]4(O)CCC(=O)O. The number of ketones is 1. The minimum absolute atomic E-state index is 0.000597. The second kappa shape index (κ2) is 7.29. The Morgan fingerprint density at radius 2 is 1.97 bits per heavy atom. The van der Waals surface area contributed by atoms with Gasteiger partial charge in [0.15, 0.2) is 10.9 Å². The zero-order valence-electron chi connectivity index (χ0n) is 18.0. The summed E-state index contributed by atoms with van der Waals surface area (Å²) in [5.41, 5.74) is -2.18. The number of esters is 1. The van der Waals surface area contributed by atoms with Crippen LogP contribution in [0.1, 0.15) is 51.9 Å². The molecule has 0 radical (unpaired) electrons. The van der Waals surface area contributed by atoms with Crippen molar-refractivity contribution in [2.24, 2.45) is 28.6 Å². The zero-order valence-corrected chi connectivity index (χ0v) is 18.9. The first kappa shape index (κ1) is 21.9. The Bertz CT molecular complexity index is 969. The average Bonchev–Trinajstić information content (AvgIpc) is 3.03. The molecule has 2 aliphatic heterocycles. The van der Waals surface area contributed by atoms with E-state index in [9.17, 15) is 29.4 Å². The average molecular weight is 461 g/mol. The minimum Gasteiger partial charge on any atom is -0.481 e. The molecule has 0 amide bonds. The highest BCUT2D eigenvalue weighted by Crippen LogP contribution is 2.70. The second-order valence-corrected chi connectivity index (χ2v) is 11.6. The van der Waals surface area contributed by atoms with E-state index in [0.29, 0.717) is 32.1 Å². The van der Waals surface area contributed by atoms with Crippen LogP contribution in [0.15, 0.2) is 23.8 Å².